The van der Waals surface area contributed by atoms with Crippen molar-refractivity contribution in [3.63, 3.8) is 0 Å². The number of nitrogens with one attached hydrogen (secondary N) is 14. The number of aliphatic carboxylic acids is 1. The van der Waals surface area contributed by atoms with Gasteiger partial charge in [0.25, 0.3) is 0 Å². The summed E-state index contributed by atoms with van der Waals surface area (Å²) in [5.41, 5.74) is 9.83. The fourth-order valence-corrected chi connectivity index (χ4v) is 14.8. The summed E-state index contributed by atoms with van der Waals surface area (Å²) in [6.45, 7) is 6.78. The molecule has 0 bridgehead atoms. The highest BCUT2D eigenvalue weighted by Crippen LogP contribution is 2.22. The second kappa shape index (κ2) is 62.8. The molecule has 0 aliphatic rings. The number of nitrogens with two attached hydrogens (primary N) is 1. The molecule has 0 unspecified atom stereocenters. The van der Waals surface area contributed by atoms with Crippen molar-refractivity contribution in [1.82, 2.24) is 74.4 Å². The number of hydrogen-bond acceptors (Lipinski definition) is 22. The van der Waals surface area contributed by atoms with Gasteiger partial charge in [-0.15, -0.1) is 0 Å². The first kappa shape index (κ1) is 115. The largest absolute Gasteiger partial charge is 0.480 e. The molecule has 762 valence electrons. The number of carbonyl (C=O) groups is 15. The third kappa shape index (κ3) is 42.8. The minimum Gasteiger partial charge on any atom is -0.480 e. The molecule has 17 N–H and O–H groups in total. The van der Waals surface area contributed by atoms with Crippen molar-refractivity contribution in [1.29, 1.82) is 0 Å². The van der Waals surface area contributed by atoms with E-state index in [2.05, 4.69) is 81.4 Å². The van der Waals surface area contributed by atoms with Gasteiger partial charge >= 0.3 is 30.3 Å². The Kier molecular flexibility index (Phi) is 51.1. The molecule has 7 aromatic carbocycles. The van der Waals surface area contributed by atoms with E-state index in [0.29, 0.717) is 65.5 Å². The molecule has 41 heteroatoms. The van der Waals surface area contributed by atoms with Gasteiger partial charge in [-0.1, -0.05) is 257 Å². The summed E-state index contributed by atoms with van der Waals surface area (Å²) in [5.74, 6) is -11.6. The van der Waals surface area contributed by atoms with E-state index in [0.717, 1.165) is 25.7 Å². The summed E-state index contributed by atoms with van der Waals surface area (Å²) in [6, 6.07) is 36.0. The molecule has 0 radical (unpaired) electrons. The van der Waals surface area contributed by atoms with Crippen LogP contribution in [0.4, 0.5) is 19.2 Å². The Morgan fingerprint density at radius 1 is 0.319 bits per heavy atom. The normalized spacial score (nSPS) is 13.6. The summed E-state index contributed by atoms with van der Waals surface area (Å²) in [6.07, 6.45) is -4.44. The lowest BCUT2D eigenvalue weighted by molar-refractivity contribution is -0.147. The molecule has 14 amide bonds. The number of unbranched alkanes of at least 4 members (excludes halogenated alkanes) is 4. The molecule has 7 rings (SSSR count). The van der Waals surface area contributed by atoms with Crippen LogP contribution in [0.3, 0.4) is 0 Å². The summed E-state index contributed by atoms with van der Waals surface area (Å²) in [5, 5.41) is 48.3. The van der Waals surface area contributed by atoms with Crippen molar-refractivity contribution in [3.05, 3.63) is 247 Å². The quantitative estimate of drug-likeness (QED) is 0.0124. The average Bonchev–Trinajstić information content (AvgIpc) is 0.845. The van der Waals surface area contributed by atoms with Gasteiger partial charge in [-0.3, -0.25) is 47.9 Å². The lowest BCUT2D eigenvalue weighted by Crippen LogP contribution is -2.62. The van der Waals surface area contributed by atoms with Gasteiger partial charge in [0.2, 0.25) is 59.1 Å². The van der Waals surface area contributed by atoms with E-state index in [-0.39, 0.29) is 84.8 Å². The van der Waals surface area contributed by atoms with Crippen LogP contribution in [0.1, 0.15) is 158 Å². The minimum atomic E-state index is -1.75. The highest BCUT2D eigenvalue weighted by atomic mass is 35.5. The molecule has 0 saturated carbocycles. The number of ether oxygens (including phenoxy) is 6. The van der Waals surface area contributed by atoms with Crippen LogP contribution in [0, 0.1) is 5.92 Å². The standard InChI is InChI=1S/C100H127Cl4N15O22/c1-7-8-9-10-20-43-84(120)111-78(45-50-106-97(132)138-58-69-35-21-25-39-73(69)101)91(125)118-85(64(5)136-56-67-31-16-12-17-32-67)95(129)110-63(4)87(121)112-77(44-49-105)88(122)113-80(47-52-108-99(134)140-60-71-37-23-27-41-75(71)103)90(124)117-83(55-66-29-14-11-15-30-66)94(128)116-82(54-62(2)3)93(127)115-79(46-51-107-98(133)139-59-70-36-22-26-40-74(70)102)89(123)114-81(48-53-109-100(135)141-61-72-38-24-28-42-76(72)104)92(126)119-86(96(130)131)65(6)137-57-68-33-18-13-19-34-68/h11-19,21-42,62-65,77-83,85-86H,7-10,20,43-61,105H2,1-6H3,(H,106,132)(H,107,133)(H,108,134)(H,109,135)(H,110,129)(H,111,120)(H,112,121)(H,113,122)(H,114,123)(H,115,127)(H,116,128)(H,117,124)(H,118,125)(H,119,126)(H,130,131)/t63-,64+,65+,77-,78-,79-,80-,81-,82-,83+,85-,86-/m0/s1. The highest BCUT2D eigenvalue weighted by Gasteiger charge is 2.39. The number of amides is 14. The third-order valence-corrected chi connectivity index (χ3v) is 23.5. The van der Waals surface area contributed by atoms with E-state index in [1.165, 1.54) is 20.8 Å². The molecule has 0 fully saturated rings. The SMILES string of the molecule is CCCCCCCC(=O)N[C@@H](CCNC(=O)OCc1ccccc1Cl)C(=O)N[C@H](C(=O)N[C@@H](C)C(=O)N[C@@H](CCN)C(=O)N[C@@H](CCNC(=O)OCc1ccccc1Cl)C(=O)N[C@H](Cc1ccccc1)C(=O)N[C@@H](CC(C)C)C(=O)N[C@@H](CCNC(=O)OCc1ccccc1Cl)C(=O)N[C@@H](CCNC(=O)OCc1ccccc1Cl)C(=O)N[C@H](C(=O)O)[C@@H](C)OCc1ccccc1)[C@@H](C)OCc1ccccc1. The highest BCUT2D eigenvalue weighted by molar-refractivity contribution is 6.32. The Balaban J connectivity index is 1.15. The van der Waals surface area contributed by atoms with Crippen molar-refractivity contribution in [3.8, 4) is 0 Å². The van der Waals surface area contributed by atoms with Crippen LogP contribution in [0.25, 0.3) is 0 Å². The smallest absolute Gasteiger partial charge is 0.407 e. The first-order valence-electron chi connectivity index (χ1n) is 46.6. The van der Waals surface area contributed by atoms with Crippen LogP contribution in [0.2, 0.25) is 20.1 Å². The number of carbonyl (C=O) groups excluding carboxylic acids is 14. The van der Waals surface area contributed by atoms with Crippen molar-refractivity contribution >= 4 is 136 Å². The van der Waals surface area contributed by atoms with E-state index in [1.807, 2.05) is 0 Å². The number of alkyl carbamates (subject to hydrolysis) is 4. The zero-order chi connectivity index (χ0) is 103. The van der Waals surface area contributed by atoms with Gasteiger partial charge in [-0.2, -0.15) is 0 Å². The lowest BCUT2D eigenvalue weighted by Gasteiger charge is -2.29. The van der Waals surface area contributed by atoms with Gasteiger partial charge in [0, 0.05) is 81.4 Å². The van der Waals surface area contributed by atoms with Crippen LogP contribution in [-0.2, 0) is 127 Å². The fraction of sp³-hybridized carbons (Fsp3) is 0.430. The Bertz CT molecular complexity index is 5220. The Morgan fingerprint density at radius 3 is 0.993 bits per heavy atom. The first-order chi connectivity index (χ1) is 67.7. The molecule has 0 saturated heterocycles. The summed E-state index contributed by atoms with van der Waals surface area (Å²) >= 11 is 25.3. The Labute approximate surface area is 839 Å². The van der Waals surface area contributed by atoms with Crippen molar-refractivity contribution in [2.45, 2.75) is 237 Å². The molecule has 0 aliphatic heterocycles. The molecule has 0 heterocycles. The molecule has 37 nitrogen and oxygen atoms in total. The van der Waals surface area contributed by atoms with Gasteiger partial charge < -0.3 is 114 Å². The maximum Gasteiger partial charge on any atom is 0.407 e. The molecule has 12 atom stereocenters. The maximum atomic E-state index is 15.4. The molecular weight excluding hydrogens is 1900 g/mol. The van der Waals surface area contributed by atoms with E-state index in [4.69, 9.17) is 80.6 Å². The van der Waals surface area contributed by atoms with Crippen LogP contribution in [0.5, 0.6) is 0 Å². The summed E-state index contributed by atoms with van der Waals surface area (Å²) in [7, 11) is 0. The van der Waals surface area contributed by atoms with E-state index >= 15 is 19.2 Å². The van der Waals surface area contributed by atoms with E-state index < -0.39 is 207 Å². The van der Waals surface area contributed by atoms with Crippen LogP contribution < -0.4 is 80.2 Å². The van der Waals surface area contributed by atoms with E-state index in [1.54, 1.807) is 202 Å². The molecule has 0 aromatic heterocycles. The van der Waals surface area contributed by atoms with Gasteiger partial charge in [0.15, 0.2) is 6.04 Å². The average molecular weight is 2030 g/mol. The monoisotopic (exact) mass is 2030 g/mol. The third-order valence-electron chi connectivity index (χ3n) is 22.0. The van der Waals surface area contributed by atoms with Gasteiger partial charge in [-0.05, 0) is 119 Å². The predicted octanol–water partition coefficient (Wildman–Crippen LogP) is 10.0. The van der Waals surface area contributed by atoms with Crippen LogP contribution >= 0.6 is 46.4 Å². The fourth-order valence-electron chi connectivity index (χ4n) is 14.0. The maximum absolute atomic E-state index is 15.4. The van der Waals surface area contributed by atoms with Crippen molar-refractivity contribution in [2.24, 2.45) is 11.7 Å². The topological polar surface area (TPSA) is 526 Å². The number of rotatable bonds is 60. The second-order valence-electron chi connectivity index (χ2n) is 33.6. The molecule has 7 aromatic rings. The van der Waals surface area contributed by atoms with Crippen molar-refractivity contribution in [2.75, 3.05) is 32.7 Å². The molecule has 141 heavy (non-hydrogen) atoms. The predicted molar refractivity (Wildman–Crippen MR) is 528 cm³/mol. The van der Waals surface area contributed by atoms with Crippen LogP contribution in [0.15, 0.2) is 188 Å². The zero-order valence-corrected chi connectivity index (χ0v) is 82.5. The zero-order valence-electron chi connectivity index (χ0n) is 79.5. The lowest BCUT2D eigenvalue weighted by atomic mass is 10.00. The summed E-state index contributed by atoms with van der Waals surface area (Å²) in [4.78, 5) is 214. The number of hydrogen-bond donors (Lipinski definition) is 16. The van der Waals surface area contributed by atoms with Gasteiger partial charge in [0.05, 0.1) is 25.4 Å². The number of carboxylic acids is 1. The number of benzene rings is 7. The second-order valence-corrected chi connectivity index (χ2v) is 35.3. The molecule has 0 aliphatic carbocycles. The first-order valence-corrected chi connectivity index (χ1v) is 48.1. The van der Waals surface area contributed by atoms with E-state index in [9.17, 15) is 57.8 Å². The van der Waals surface area contributed by atoms with Gasteiger partial charge in [0.1, 0.15) is 80.8 Å². The molecule has 0 spiro atoms. The summed E-state index contributed by atoms with van der Waals surface area (Å²) < 4.78 is 33.7. The van der Waals surface area contributed by atoms with Crippen molar-refractivity contribution < 1.29 is 105 Å². The Morgan fingerprint density at radius 2 is 0.624 bits per heavy atom. The molecular formula is C100H127Cl4N15O22. The Hall–Kier alpha value is -13.2. The minimum absolute atomic E-state index is 0.0557. The van der Waals surface area contributed by atoms with Crippen LogP contribution in [-0.4, -0.2) is 200 Å². The van der Waals surface area contributed by atoms with Gasteiger partial charge in [-0.25, -0.2) is 24.0 Å². The number of halogens is 4. The number of carboxylic acid groups (broad SMARTS) is 1.